The van der Waals surface area contributed by atoms with Crippen LogP contribution >= 0.6 is 0 Å². The zero-order valence-electron chi connectivity index (χ0n) is 14.4. The highest BCUT2D eigenvalue weighted by molar-refractivity contribution is 5.89. The Hall–Kier alpha value is -2.61. The number of benzene rings is 1. The maximum absolute atomic E-state index is 11.9. The van der Waals surface area contributed by atoms with E-state index in [9.17, 15) is 19.5 Å². The summed E-state index contributed by atoms with van der Waals surface area (Å²) in [4.78, 5) is 35.0. The summed E-state index contributed by atoms with van der Waals surface area (Å²) < 4.78 is 0. The predicted molar refractivity (Wildman–Crippen MR) is 91.8 cm³/mol. The zero-order chi connectivity index (χ0) is 19.0. The quantitative estimate of drug-likeness (QED) is 0.424. The first-order valence-corrected chi connectivity index (χ1v) is 8.08. The summed E-state index contributed by atoms with van der Waals surface area (Å²) in [6.45, 7) is 3.21. The minimum atomic E-state index is -1.11. The number of phenols is 1. The number of nitrogens with one attached hydrogen (secondary N) is 2. The maximum Gasteiger partial charge on any atom is 0.326 e. The third-order valence-electron chi connectivity index (χ3n) is 3.95. The van der Waals surface area contributed by atoms with E-state index in [1.165, 1.54) is 12.1 Å². The van der Waals surface area contributed by atoms with Gasteiger partial charge in [-0.1, -0.05) is 32.4 Å². The predicted octanol–water partition coefficient (Wildman–Crippen LogP) is -0.00630. The first-order chi connectivity index (χ1) is 11.7. The summed E-state index contributed by atoms with van der Waals surface area (Å²) in [5.74, 6) is -2.32. The molecule has 0 heterocycles. The summed E-state index contributed by atoms with van der Waals surface area (Å²) in [6.07, 6.45) is 0.847. The van der Waals surface area contributed by atoms with Gasteiger partial charge in [0.25, 0.3) is 0 Å². The Balaban J connectivity index is 2.47. The zero-order valence-corrected chi connectivity index (χ0v) is 14.4. The Bertz CT molecular complexity index is 603. The van der Waals surface area contributed by atoms with Crippen LogP contribution < -0.4 is 16.4 Å². The van der Waals surface area contributed by atoms with Gasteiger partial charge in [-0.25, -0.2) is 4.79 Å². The van der Waals surface area contributed by atoms with Crippen LogP contribution in [0.2, 0.25) is 0 Å². The Morgan fingerprint density at radius 3 is 2.32 bits per heavy atom. The van der Waals surface area contributed by atoms with Gasteiger partial charge in [0, 0.05) is 0 Å². The van der Waals surface area contributed by atoms with E-state index >= 15 is 0 Å². The number of hydrogen-bond acceptors (Lipinski definition) is 5. The number of aliphatic carboxylic acids is 1. The molecule has 8 heteroatoms. The highest BCUT2D eigenvalue weighted by Gasteiger charge is 2.25. The molecule has 3 atom stereocenters. The lowest BCUT2D eigenvalue weighted by Gasteiger charge is -2.20. The lowest BCUT2D eigenvalue weighted by Crippen LogP contribution is -2.50. The van der Waals surface area contributed by atoms with Gasteiger partial charge >= 0.3 is 5.97 Å². The van der Waals surface area contributed by atoms with Crippen molar-refractivity contribution < 1.29 is 24.6 Å². The fourth-order valence-electron chi connectivity index (χ4n) is 2.18. The molecule has 0 saturated carbocycles. The van der Waals surface area contributed by atoms with E-state index in [0.717, 1.165) is 5.56 Å². The van der Waals surface area contributed by atoms with Crippen molar-refractivity contribution in [2.45, 2.75) is 38.8 Å². The number of carboxylic acids is 1. The summed E-state index contributed by atoms with van der Waals surface area (Å²) in [5, 5.41) is 23.1. The molecule has 0 saturated heterocycles. The Morgan fingerprint density at radius 2 is 1.80 bits per heavy atom. The molecule has 0 unspecified atom stereocenters. The lowest BCUT2D eigenvalue weighted by atomic mass is 9.99. The monoisotopic (exact) mass is 351 g/mol. The van der Waals surface area contributed by atoms with Crippen LogP contribution in [0.4, 0.5) is 0 Å². The van der Waals surface area contributed by atoms with Crippen LogP contribution in [0.1, 0.15) is 25.8 Å². The molecule has 138 valence electrons. The molecule has 1 rings (SSSR count). The minimum absolute atomic E-state index is 0.118. The third-order valence-corrected chi connectivity index (χ3v) is 3.95. The van der Waals surface area contributed by atoms with Crippen molar-refractivity contribution >= 4 is 17.8 Å². The SMILES string of the molecule is CC[C@H](C)[C@H](NC(=O)CNC(=O)[C@@H](N)Cc1ccc(O)cc1)C(=O)O. The van der Waals surface area contributed by atoms with E-state index in [-0.39, 0.29) is 24.6 Å². The maximum atomic E-state index is 11.9. The molecule has 0 aromatic heterocycles. The van der Waals surface area contributed by atoms with Gasteiger partial charge < -0.3 is 26.6 Å². The van der Waals surface area contributed by atoms with Crippen LogP contribution in [0.25, 0.3) is 0 Å². The average molecular weight is 351 g/mol. The number of rotatable bonds is 9. The van der Waals surface area contributed by atoms with Gasteiger partial charge in [-0.2, -0.15) is 0 Å². The highest BCUT2D eigenvalue weighted by Crippen LogP contribution is 2.11. The molecular weight excluding hydrogens is 326 g/mol. The average Bonchev–Trinajstić information content (AvgIpc) is 2.58. The van der Waals surface area contributed by atoms with Gasteiger partial charge in [0.2, 0.25) is 11.8 Å². The van der Waals surface area contributed by atoms with E-state index in [4.69, 9.17) is 10.8 Å². The number of hydrogen-bond donors (Lipinski definition) is 5. The Labute approximate surface area is 146 Å². The molecular formula is C17H25N3O5. The molecule has 0 spiro atoms. The van der Waals surface area contributed by atoms with Gasteiger partial charge in [-0.05, 0) is 30.0 Å². The van der Waals surface area contributed by atoms with Crippen molar-refractivity contribution in [3.63, 3.8) is 0 Å². The van der Waals surface area contributed by atoms with Crippen molar-refractivity contribution in [2.75, 3.05) is 6.54 Å². The first-order valence-electron chi connectivity index (χ1n) is 8.08. The summed E-state index contributed by atoms with van der Waals surface area (Å²) >= 11 is 0. The summed E-state index contributed by atoms with van der Waals surface area (Å²) in [6, 6.07) is 4.43. The normalized spacial score (nSPS) is 14.2. The molecule has 0 aliphatic carbocycles. The van der Waals surface area contributed by atoms with Crippen molar-refractivity contribution in [3.05, 3.63) is 29.8 Å². The minimum Gasteiger partial charge on any atom is -0.508 e. The van der Waals surface area contributed by atoms with E-state index in [1.807, 2.05) is 6.92 Å². The van der Waals surface area contributed by atoms with Crippen molar-refractivity contribution in [3.8, 4) is 5.75 Å². The van der Waals surface area contributed by atoms with E-state index in [2.05, 4.69) is 10.6 Å². The number of phenolic OH excluding ortho intramolecular Hbond substituents is 1. The molecule has 6 N–H and O–H groups in total. The molecule has 25 heavy (non-hydrogen) atoms. The summed E-state index contributed by atoms with van der Waals surface area (Å²) in [7, 11) is 0. The molecule has 0 radical (unpaired) electrons. The second-order valence-corrected chi connectivity index (χ2v) is 5.96. The number of nitrogens with two attached hydrogens (primary N) is 1. The van der Waals surface area contributed by atoms with Crippen molar-refractivity contribution in [2.24, 2.45) is 11.7 Å². The highest BCUT2D eigenvalue weighted by atomic mass is 16.4. The van der Waals surface area contributed by atoms with E-state index < -0.39 is 29.9 Å². The molecule has 1 aromatic carbocycles. The molecule has 1 aromatic rings. The van der Waals surface area contributed by atoms with Crippen molar-refractivity contribution in [1.82, 2.24) is 10.6 Å². The molecule has 0 bridgehead atoms. The number of carbonyl (C=O) groups is 3. The van der Waals surface area contributed by atoms with E-state index in [0.29, 0.717) is 6.42 Å². The second kappa shape index (κ2) is 9.63. The van der Waals surface area contributed by atoms with E-state index in [1.54, 1.807) is 19.1 Å². The number of aromatic hydroxyl groups is 1. The van der Waals surface area contributed by atoms with Gasteiger partial charge in [0.15, 0.2) is 0 Å². The first kappa shape index (κ1) is 20.4. The standard InChI is InChI=1S/C17H25N3O5/c1-3-10(2)15(17(24)25)20-14(22)9-19-16(23)13(18)8-11-4-6-12(21)7-5-11/h4-7,10,13,15,21H,3,8-9,18H2,1-2H3,(H,19,23)(H,20,22)(H,24,25)/t10-,13-,15-/m0/s1. The number of carbonyl (C=O) groups excluding carboxylic acids is 2. The number of amides is 2. The van der Waals surface area contributed by atoms with Gasteiger partial charge in [0.1, 0.15) is 11.8 Å². The van der Waals surface area contributed by atoms with Crippen LogP contribution in [0.5, 0.6) is 5.75 Å². The van der Waals surface area contributed by atoms with Crippen molar-refractivity contribution in [1.29, 1.82) is 0 Å². The Morgan fingerprint density at radius 1 is 1.20 bits per heavy atom. The fourth-order valence-corrected chi connectivity index (χ4v) is 2.18. The largest absolute Gasteiger partial charge is 0.508 e. The topological polar surface area (TPSA) is 142 Å². The van der Waals surface area contributed by atoms with Gasteiger partial charge in [0.05, 0.1) is 12.6 Å². The lowest BCUT2D eigenvalue weighted by molar-refractivity contribution is -0.143. The second-order valence-electron chi connectivity index (χ2n) is 5.96. The molecule has 0 aliphatic rings. The third kappa shape index (κ3) is 6.80. The van der Waals surface area contributed by atoms with Gasteiger partial charge in [-0.3, -0.25) is 9.59 Å². The van der Waals surface area contributed by atoms with Crippen LogP contribution in [-0.2, 0) is 20.8 Å². The molecule has 2 amide bonds. The van der Waals surface area contributed by atoms with Crippen LogP contribution in [0.15, 0.2) is 24.3 Å². The molecule has 0 aliphatic heterocycles. The summed E-state index contributed by atoms with van der Waals surface area (Å²) in [5.41, 5.74) is 6.56. The molecule has 8 nitrogen and oxygen atoms in total. The van der Waals surface area contributed by atoms with Gasteiger partial charge in [-0.15, -0.1) is 0 Å². The fraction of sp³-hybridized carbons (Fsp3) is 0.471. The van der Waals surface area contributed by atoms with Crippen LogP contribution in [0, 0.1) is 5.92 Å². The van der Waals surface area contributed by atoms with Crippen LogP contribution in [0.3, 0.4) is 0 Å². The van der Waals surface area contributed by atoms with Crippen LogP contribution in [-0.4, -0.2) is 46.6 Å². The Kier molecular flexibility index (Phi) is 7.87. The molecule has 0 fully saturated rings. The smallest absolute Gasteiger partial charge is 0.326 e. The number of carboxylic acid groups (broad SMARTS) is 1.